The summed E-state index contributed by atoms with van der Waals surface area (Å²) in [6.45, 7) is 1.70. The Morgan fingerprint density at radius 2 is 2.20 bits per heavy atom. The van der Waals surface area contributed by atoms with Gasteiger partial charge in [-0.2, -0.15) is 10.1 Å². The molecule has 0 bridgehead atoms. The van der Waals surface area contributed by atoms with Gasteiger partial charge >= 0.3 is 0 Å². The van der Waals surface area contributed by atoms with Crippen LogP contribution in [0.25, 0.3) is 0 Å². The molecule has 0 saturated heterocycles. The van der Waals surface area contributed by atoms with Crippen LogP contribution in [-0.4, -0.2) is 31.6 Å². The molecule has 102 valence electrons. The summed E-state index contributed by atoms with van der Waals surface area (Å²) in [7, 11) is 0. The number of carbonyl (C=O) groups is 2. The lowest BCUT2D eigenvalue weighted by atomic mass is 10.1. The van der Waals surface area contributed by atoms with E-state index in [2.05, 4.69) is 25.7 Å². The van der Waals surface area contributed by atoms with Gasteiger partial charge in [0, 0.05) is 18.1 Å². The Hall–Kier alpha value is -2.77. The number of aromatic nitrogens is 4. The molecule has 20 heavy (non-hydrogen) atoms. The molecular weight excluding hydrogens is 260 g/mol. The highest BCUT2D eigenvalue weighted by molar-refractivity contribution is 6.00. The number of carbonyl (C=O) groups excluding carboxylic acids is 2. The number of pyridine rings is 1. The normalized spacial score (nSPS) is 17.2. The van der Waals surface area contributed by atoms with E-state index in [1.165, 1.54) is 4.68 Å². The van der Waals surface area contributed by atoms with Gasteiger partial charge < -0.3 is 5.32 Å². The maximum absolute atomic E-state index is 12.3. The molecule has 2 amide bonds. The maximum Gasteiger partial charge on any atom is 0.249 e. The van der Waals surface area contributed by atoms with E-state index < -0.39 is 6.04 Å². The minimum absolute atomic E-state index is 0.0344. The van der Waals surface area contributed by atoms with Crippen molar-refractivity contribution in [3.8, 4) is 0 Å². The summed E-state index contributed by atoms with van der Waals surface area (Å²) in [6.07, 6.45) is 3.19. The number of anilines is 2. The predicted octanol–water partition coefficient (Wildman–Crippen LogP) is 0.504. The number of amides is 2. The fraction of sp³-hybridized carbons (Fsp3) is 0.250. The molecule has 3 heterocycles. The molecule has 1 aliphatic heterocycles. The summed E-state index contributed by atoms with van der Waals surface area (Å²) in [5.41, 5.74) is 0.620. The number of aryl methyl sites for hydroxylation is 1. The van der Waals surface area contributed by atoms with E-state index in [-0.39, 0.29) is 18.2 Å². The molecule has 0 aromatic carbocycles. The van der Waals surface area contributed by atoms with Crippen LogP contribution in [0.2, 0.25) is 0 Å². The molecule has 1 unspecified atom stereocenters. The summed E-state index contributed by atoms with van der Waals surface area (Å²) in [4.78, 5) is 31.8. The Morgan fingerprint density at radius 3 is 2.95 bits per heavy atom. The third-order valence-electron chi connectivity index (χ3n) is 2.91. The second-order valence-electron chi connectivity index (χ2n) is 4.42. The molecule has 1 aliphatic rings. The molecule has 2 N–H and O–H groups in total. The minimum atomic E-state index is -0.701. The Balaban J connectivity index is 1.86. The van der Waals surface area contributed by atoms with Gasteiger partial charge in [-0.1, -0.05) is 0 Å². The Labute approximate surface area is 114 Å². The lowest BCUT2D eigenvalue weighted by Gasteiger charge is -2.22. The van der Waals surface area contributed by atoms with Gasteiger partial charge in [0.15, 0.2) is 0 Å². The fourth-order valence-electron chi connectivity index (χ4n) is 2.04. The number of hydrogen-bond donors (Lipinski definition) is 2. The van der Waals surface area contributed by atoms with E-state index in [4.69, 9.17) is 0 Å². The summed E-state index contributed by atoms with van der Waals surface area (Å²) in [5.74, 6) is 0.245. The minimum Gasteiger partial charge on any atom is -0.324 e. The van der Waals surface area contributed by atoms with E-state index in [0.29, 0.717) is 17.5 Å². The van der Waals surface area contributed by atoms with Crippen molar-refractivity contribution in [1.82, 2.24) is 19.7 Å². The zero-order chi connectivity index (χ0) is 14.1. The van der Waals surface area contributed by atoms with Crippen LogP contribution in [0.15, 0.2) is 24.5 Å². The smallest absolute Gasteiger partial charge is 0.249 e. The van der Waals surface area contributed by atoms with Gasteiger partial charge in [0.05, 0.1) is 6.42 Å². The van der Waals surface area contributed by atoms with Gasteiger partial charge in [-0.3, -0.25) is 19.9 Å². The summed E-state index contributed by atoms with van der Waals surface area (Å²) in [5, 5.41) is 9.47. The van der Waals surface area contributed by atoms with Gasteiger partial charge in [-0.05, 0) is 19.1 Å². The Bertz CT molecular complexity index is 666. The average Bonchev–Trinajstić information content (AvgIpc) is 2.78. The largest absolute Gasteiger partial charge is 0.324 e. The van der Waals surface area contributed by atoms with Crippen LogP contribution in [-0.2, 0) is 9.59 Å². The van der Waals surface area contributed by atoms with Crippen LogP contribution < -0.4 is 10.6 Å². The van der Waals surface area contributed by atoms with Crippen molar-refractivity contribution in [2.75, 3.05) is 10.6 Å². The molecule has 0 saturated carbocycles. The van der Waals surface area contributed by atoms with Crippen molar-refractivity contribution in [2.45, 2.75) is 19.4 Å². The van der Waals surface area contributed by atoms with Crippen LogP contribution >= 0.6 is 0 Å². The summed E-state index contributed by atoms with van der Waals surface area (Å²) >= 11 is 0. The van der Waals surface area contributed by atoms with Crippen molar-refractivity contribution in [2.24, 2.45) is 0 Å². The topological polar surface area (TPSA) is 102 Å². The Morgan fingerprint density at radius 1 is 1.45 bits per heavy atom. The molecule has 1 atom stereocenters. The zero-order valence-corrected chi connectivity index (χ0v) is 10.7. The molecule has 0 spiro atoms. The number of nitrogens with zero attached hydrogens (tertiary/aromatic N) is 4. The van der Waals surface area contributed by atoms with Crippen LogP contribution in [0, 0.1) is 6.92 Å². The molecule has 8 nitrogen and oxygen atoms in total. The Kier molecular flexibility index (Phi) is 2.90. The lowest BCUT2D eigenvalue weighted by molar-refractivity contribution is -0.125. The maximum atomic E-state index is 12.3. The van der Waals surface area contributed by atoms with Gasteiger partial charge in [0.2, 0.25) is 17.8 Å². The fourth-order valence-corrected chi connectivity index (χ4v) is 2.04. The second kappa shape index (κ2) is 4.72. The van der Waals surface area contributed by atoms with Crippen molar-refractivity contribution in [1.29, 1.82) is 0 Å². The third kappa shape index (κ3) is 2.22. The van der Waals surface area contributed by atoms with Gasteiger partial charge in [-0.25, -0.2) is 4.68 Å². The van der Waals surface area contributed by atoms with Crippen LogP contribution in [0.4, 0.5) is 11.6 Å². The first-order chi connectivity index (χ1) is 9.63. The monoisotopic (exact) mass is 272 g/mol. The summed E-state index contributed by atoms with van der Waals surface area (Å²) in [6, 6.07) is 2.65. The van der Waals surface area contributed by atoms with E-state index >= 15 is 0 Å². The molecule has 0 aliphatic carbocycles. The predicted molar refractivity (Wildman–Crippen MR) is 69.9 cm³/mol. The number of fused-ring (bicyclic) bond motifs is 1. The molecule has 2 aromatic heterocycles. The van der Waals surface area contributed by atoms with E-state index in [1.807, 2.05) is 0 Å². The lowest BCUT2D eigenvalue weighted by Crippen LogP contribution is -2.36. The molecule has 3 rings (SSSR count). The number of rotatable bonds is 2. The number of nitrogens with one attached hydrogen (secondary N) is 2. The summed E-state index contributed by atoms with van der Waals surface area (Å²) < 4.78 is 1.44. The zero-order valence-electron chi connectivity index (χ0n) is 10.7. The van der Waals surface area contributed by atoms with E-state index in [9.17, 15) is 9.59 Å². The molecule has 0 radical (unpaired) electrons. The van der Waals surface area contributed by atoms with Crippen molar-refractivity contribution in [3.05, 3.63) is 30.4 Å². The molecule has 8 heteroatoms. The van der Waals surface area contributed by atoms with Crippen LogP contribution in [0.1, 0.15) is 18.3 Å². The average molecular weight is 272 g/mol. The SMILES string of the molecule is Cc1nc2n(n1)C(C(=O)Nc1ccncc1)CC(=O)N2. The standard InChI is InChI=1S/C12H12N6O2/c1-7-14-12-16-10(19)6-9(18(12)17-7)11(20)15-8-2-4-13-5-3-8/h2-5,9H,6H2,1H3,(H,13,15,20)(H,14,16,17,19). The second-order valence-corrected chi connectivity index (χ2v) is 4.42. The molecule has 0 fully saturated rings. The van der Waals surface area contributed by atoms with E-state index in [1.54, 1.807) is 31.5 Å². The third-order valence-corrected chi connectivity index (χ3v) is 2.91. The molecule has 2 aromatic rings. The van der Waals surface area contributed by atoms with Crippen molar-refractivity contribution in [3.63, 3.8) is 0 Å². The highest BCUT2D eigenvalue weighted by Gasteiger charge is 2.32. The van der Waals surface area contributed by atoms with Crippen LogP contribution in [0.5, 0.6) is 0 Å². The van der Waals surface area contributed by atoms with Gasteiger partial charge in [0.25, 0.3) is 0 Å². The van der Waals surface area contributed by atoms with E-state index in [0.717, 1.165) is 0 Å². The molecular formula is C12H12N6O2. The quantitative estimate of drug-likeness (QED) is 0.829. The van der Waals surface area contributed by atoms with Crippen molar-refractivity contribution >= 4 is 23.5 Å². The highest BCUT2D eigenvalue weighted by atomic mass is 16.2. The van der Waals surface area contributed by atoms with Gasteiger partial charge in [-0.15, -0.1) is 0 Å². The first kappa shape index (κ1) is 12.3. The first-order valence-corrected chi connectivity index (χ1v) is 6.07. The van der Waals surface area contributed by atoms with Gasteiger partial charge in [0.1, 0.15) is 11.9 Å². The number of hydrogen-bond acceptors (Lipinski definition) is 5. The van der Waals surface area contributed by atoms with Crippen LogP contribution in [0.3, 0.4) is 0 Å². The highest BCUT2D eigenvalue weighted by Crippen LogP contribution is 2.23. The van der Waals surface area contributed by atoms with Crippen molar-refractivity contribution < 1.29 is 9.59 Å². The first-order valence-electron chi connectivity index (χ1n) is 6.07.